The molecule has 2 rings (SSSR count). The summed E-state index contributed by atoms with van der Waals surface area (Å²) in [5, 5.41) is 9.92. The van der Waals surface area contributed by atoms with Crippen LogP contribution in [0.4, 0.5) is 0 Å². The van der Waals surface area contributed by atoms with Gasteiger partial charge in [0.25, 0.3) is 0 Å². The third-order valence-corrected chi connectivity index (χ3v) is 5.17. The Labute approximate surface area is 130 Å². The van der Waals surface area contributed by atoms with E-state index < -0.39 is 5.60 Å². The first-order valence-corrected chi connectivity index (χ1v) is 8.38. The zero-order valence-corrected chi connectivity index (χ0v) is 14.7. The molecule has 0 radical (unpaired) electrons. The van der Waals surface area contributed by atoms with Crippen molar-refractivity contribution in [3.8, 4) is 0 Å². The Kier molecular flexibility index (Phi) is 4.28. The average Bonchev–Trinajstić information content (AvgIpc) is 2.33. The van der Waals surface area contributed by atoms with Gasteiger partial charge < -0.3 is 5.11 Å². The maximum Gasteiger partial charge on any atom is 0.0591 e. The number of aliphatic hydroxyl groups is 1. The molecule has 1 heteroatoms. The van der Waals surface area contributed by atoms with Gasteiger partial charge >= 0.3 is 0 Å². The number of benzene rings is 1. The number of fused-ring (bicyclic) bond motifs is 1. The lowest BCUT2D eigenvalue weighted by Gasteiger charge is -2.43. The summed E-state index contributed by atoms with van der Waals surface area (Å²) in [6.07, 6.45) is 5.51. The van der Waals surface area contributed by atoms with Crippen molar-refractivity contribution in [1.29, 1.82) is 0 Å². The Bertz CT molecular complexity index is 503. The molecule has 0 saturated heterocycles. The van der Waals surface area contributed by atoms with Crippen LogP contribution in [0.2, 0.25) is 0 Å². The molecule has 1 nitrogen and oxygen atoms in total. The highest BCUT2D eigenvalue weighted by Crippen LogP contribution is 2.47. The molecule has 0 atom stereocenters. The molecule has 1 aliphatic rings. The zero-order chi connectivity index (χ0) is 15.9. The molecule has 0 amide bonds. The Morgan fingerprint density at radius 3 is 2.29 bits per heavy atom. The van der Waals surface area contributed by atoms with Crippen LogP contribution < -0.4 is 0 Å². The summed E-state index contributed by atoms with van der Waals surface area (Å²) in [5.41, 5.74) is 4.63. The van der Waals surface area contributed by atoms with Crippen molar-refractivity contribution in [3.63, 3.8) is 0 Å². The molecular weight excluding hydrogens is 256 g/mol. The third-order valence-electron chi connectivity index (χ3n) is 5.17. The van der Waals surface area contributed by atoms with Gasteiger partial charge in [-0.05, 0) is 73.5 Å². The van der Waals surface area contributed by atoms with E-state index in [0.29, 0.717) is 0 Å². The first kappa shape index (κ1) is 16.5. The highest BCUT2D eigenvalue weighted by molar-refractivity contribution is 5.46. The highest BCUT2D eigenvalue weighted by Gasteiger charge is 2.38. The monoisotopic (exact) mass is 288 g/mol. The van der Waals surface area contributed by atoms with Crippen LogP contribution in [-0.4, -0.2) is 10.7 Å². The molecule has 0 aromatic heterocycles. The molecular formula is C20H32O. The SMILES string of the molecule is CC(C)(O)CCCc1cccc2c1C(C)(C)CCC2(C)C. The molecule has 0 saturated carbocycles. The predicted octanol–water partition coefficient (Wildman–Crippen LogP) is 5.13. The second-order valence-corrected chi connectivity index (χ2v) is 8.77. The maximum absolute atomic E-state index is 9.92. The van der Waals surface area contributed by atoms with Crippen molar-refractivity contribution in [3.05, 3.63) is 34.9 Å². The van der Waals surface area contributed by atoms with E-state index in [2.05, 4.69) is 45.9 Å². The Morgan fingerprint density at radius 1 is 1.05 bits per heavy atom. The summed E-state index contributed by atoms with van der Waals surface area (Å²) in [4.78, 5) is 0. The minimum atomic E-state index is -0.552. The molecule has 118 valence electrons. The predicted molar refractivity (Wildman–Crippen MR) is 91.0 cm³/mol. The quantitative estimate of drug-likeness (QED) is 0.814. The van der Waals surface area contributed by atoms with Gasteiger partial charge in [-0.3, -0.25) is 0 Å². The smallest absolute Gasteiger partial charge is 0.0591 e. The molecule has 0 aliphatic heterocycles. The fraction of sp³-hybridized carbons (Fsp3) is 0.700. The molecule has 1 aliphatic carbocycles. The molecule has 0 unspecified atom stereocenters. The van der Waals surface area contributed by atoms with Gasteiger partial charge in [0.05, 0.1) is 5.60 Å². The molecule has 1 N–H and O–H groups in total. The van der Waals surface area contributed by atoms with Gasteiger partial charge in [0.1, 0.15) is 0 Å². The lowest BCUT2D eigenvalue weighted by Crippen LogP contribution is -2.35. The van der Waals surface area contributed by atoms with E-state index >= 15 is 0 Å². The van der Waals surface area contributed by atoms with Crippen LogP contribution in [0.1, 0.15) is 83.9 Å². The summed E-state index contributed by atoms with van der Waals surface area (Å²) in [7, 11) is 0. The van der Waals surface area contributed by atoms with Gasteiger partial charge in [-0.2, -0.15) is 0 Å². The van der Waals surface area contributed by atoms with Crippen molar-refractivity contribution in [1.82, 2.24) is 0 Å². The van der Waals surface area contributed by atoms with E-state index in [1.807, 2.05) is 13.8 Å². The van der Waals surface area contributed by atoms with Crippen molar-refractivity contribution >= 4 is 0 Å². The van der Waals surface area contributed by atoms with Crippen LogP contribution >= 0.6 is 0 Å². The van der Waals surface area contributed by atoms with Crippen molar-refractivity contribution < 1.29 is 5.11 Å². The highest BCUT2D eigenvalue weighted by atomic mass is 16.3. The van der Waals surface area contributed by atoms with Crippen LogP contribution in [0.25, 0.3) is 0 Å². The Balaban J connectivity index is 2.32. The maximum atomic E-state index is 9.92. The molecule has 1 aromatic rings. The van der Waals surface area contributed by atoms with Crippen LogP contribution in [0.15, 0.2) is 18.2 Å². The minimum Gasteiger partial charge on any atom is -0.390 e. The Hall–Kier alpha value is -0.820. The topological polar surface area (TPSA) is 20.2 Å². The molecule has 0 bridgehead atoms. The molecule has 0 spiro atoms. The number of hydrogen-bond donors (Lipinski definition) is 1. The average molecular weight is 288 g/mol. The summed E-state index contributed by atoms with van der Waals surface area (Å²) < 4.78 is 0. The van der Waals surface area contributed by atoms with Gasteiger partial charge in [-0.15, -0.1) is 0 Å². The van der Waals surface area contributed by atoms with E-state index in [1.54, 1.807) is 11.1 Å². The van der Waals surface area contributed by atoms with Crippen LogP contribution in [0.3, 0.4) is 0 Å². The fourth-order valence-electron chi connectivity index (χ4n) is 3.77. The lowest BCUT2D eigenvalue weighted by molar-refractivity contribution is 0.0689. The summed E-state index contributed by atoms with van der Waals surface area (Å²) in [6.45, 7) is 13.3. The van der Waals surface area contributed by atoms with Gasteiger partial charge in [0.2, 0.25) is 0 Å². The largest absolute Gasteiger partial charge is 0.390 e. The van der Waals surface area contributed by atoms with Gasteiger partial charge in [0, 0.05) is 0 Å². The number of hydrogen-bond acceptors (Lipinski definition) is 1. The van der Waals surface area contributed by atoms with Gasteiger partial charge in [-0.1, -0.05) is 45.9 Å². The second kappa shape index (κ2) is 5.43. The zero-order valence-electron chi connectivity index (χ0n) is 14.7. The lowest BCUT2D eigenvalue weighted by atomic mass is 9.61. The van der Waals surface area contributed by atoms with E-state index in [1.165, 1.54) is 18.4 Å². The normalized spacial score (nSPS) is 20.1. The molecule has 21 heavy (non-hydrogen) atoms. The first-order chi connectivity index (χ1) is 9.53. The standard InChI is InChI=1S/C20H32O/c1-18(2)13-14-19(3,4)17-15(9-7-11-16(17)18)10-8-12-20(5,6)21/h7,9,11,21H,8,10,12-14H2,1-6H3. The van der Waals surface area contributed by atoms with Crippen LogP contribution in [0.5, 0.6) is 0 Å². The van der Waals surface area contributed by atoms with E-state index in [-0.39, 0.29) is 10.8 Å². The molecule has 1 aromatic carbocycles. The summed E-state index contributed by atoms with van der Waals surface area (Å²) in [6, 6.07) is 6.85. The van der Waals surface area contributed by atoms with Crippen molar-refractivity contribution in [2.75, 3.05) is 0 Å². The van der Waals surface area contributed by atoms with Crippen molar-refractivity contribution in [2.45, 2.75) is 90.1 Å². The first-order valence-electron chi connectivity index (χ1n) is 8.38. The third kappa shape index (κ3) is 3.69. The van der Waals surface area contributed by atoms with Crippen LogP contribution in [0, 0.1) is 0 Å². The fourth-order valence-corrected chi connectivity index (χ4v) is 3.77. The minimum absolute atomic E-state index is 0.274. The number of rotatable bonds is 4. The summed E-state index contributed by atoms with van der Waals surface area (Å²) >= 11 is 0. The van der Waals surface area contributed by atoms with E-state index in [0.717, 1.165) is 19.3 Å². The van der Waals surface area contributed by atoms with E-state index in [9.17, 15) is 5.11 Å². The summed E-state index contributed by atoms with van der Waals surface area (Å²) in [5.74, 6) is 0. The number of aryl methyl sites for hydroxylation is 1. The van der Waals surface area contributed by atoms with Gasteiger partial charge in [-0.25, -0.2) is 0 Å². The molecule has 0 fully saturated rings. The second-order valence-electron chi connectivity index (χ2n) is 8.77. The van der Waals surface area contributed by atoms with E-state index in [4.69, 9.17) is 0 Å². The molecule has 0 heterocycles. The van der Waals surface area contributed by atoms with Crippen LogP contribution in [-0.2, 0) is 17.3 Å². The van der Waals surface area contributed by atoms with Crippen molar-refractivity contribution in [2.24, 2.45) is 0 Å². The Morgan fingerprint density at radius 2 is 1.67 bits per heavy atom. The van der Waals surface area contributed by atoms with Gasteiger partial charge in [0.15, 0.2) is 0 Å².